The number of thiazole rings is 1. The average molecular weight is 338 g/mol. The van der Waals surface area contributed by atoms with E-state index < -0.39 is 0 Å². The molecule has 0 aliphatic heterocycles. The molecule has 3 aromatic rings. The highest BCUT2D eigenvalue weighted by molar-refractivity contribution is 7.22. The first-order valence-electron chi connectivity index (χ1n) is 8.19. The van der Waals surface area contributed by atoms with E-state index in [2.05, 4.69) is 60.5 Å². The fourth-order valence-corrected chi connectivity index (χ4v) is 3.73. The van der Waals surface area contributed by atoms with Crippen molar-refractivity contribution in [2.75, 3.05) is 5.32 Å². The Morgan fingerprint density at radius 1 is 1.21 bits per heavy atom. The van der Waals surface area contributed by atoms with E-state index >= 15 is 0 Å². The van der Waals surface area contributed by atoms with Crippen LogP contribution in [0, 0.1) is 13.8 Å². The largest absolute Gasteiger partial charge is 0.302 e. The van der Waals surface area contributed by atoms with Crippen molar-refractivity contribution in [2.45, 2.75) is 40.0 Å². The summed E-state index contributed by atoms with van der Waals surface area (Å²) in [6.45, 7) is 8.40. The quantitative estimate of drug-likeness (QED) is 0.709. The molecule has 0 radical (unpaired) electrons. The van der Waals surface area contributed by atoms with Crippen LogP contribution in [0.25, 0.3) is 10.2 Å². The van der Waals surface area contributed by atoms with Crippen LogP contribution < -0.4 is 5.32 Å². The molecule has 1 heterocycles. The van der Waals surface area contributed by atoms with Crippen LogP contribution in [0.5, 0.6) is 0 Å². The van der Waals surface area contributed by atoms with Crippen LogP contribution in [0.2, 0.25) is 0 Å². The molecule has 1 amide bonds. The Kier molecular flexibility index (Phi) is 4.67. The van der Waals surface area contributed by atoms with Crippen molar-refractivity contribution < 1.29 is 4.79 Å². The summed E-state index contributed by atoms with van der Waals surface area (Å²) in [4.78, 5) is 17.0. The van der Waals surface area contributed by atoms with Gasteiger partial charge in [0.1, 0.15) is 0 Å². The third-order valence-electron chi connectivity index (χ3n) is 4.17. The van der Waals surface area contributed by atoms with E-state index in [0.717, 1.165) is 21.3 Å². The molecule has 3 rings (SSSR count). The molecule has 0 fully saturated rings. The topological polar surface area (TPSA) is 42.0 Å². The third kappa shape index (κ3) is 3.49. The molecule has 1 aromatic heterocycles. The first-order valence-corrected chi connectivity index (χ1v) is 9.01. The maximum absolute atomic E-state index is 12.4. The molecule has 0 spiro atoms. The normalized spacial score (nSPS) is 11.2. The Balaban J connectivity index is 1.81. The summed E-state index contributed by atoms with van der Waals surface area (Å²) >= 11 is 1.53. The van der Waals surface area contributed by atoms with E-state index in [1.54, 1.807) is 0 Å². The Morgan fingerprint density at radius 2 is 2.00 bits per heavy atom. The molecule has 24 heavy (non-hydrogen) atoms. The SMILES string of the molecule is Cc1ccc(C)c(CC(=O)Nc2nc3c(C(C)C)cccc3s2)c1. The van der Waals surface area contributed by atoms with Crippen molar-refractivity contribution in [1.29, 1.82) is 0 Å². The van der Waals surface area contributed by atoms with Crippen molar-refractivity contribution in [3.05, 3.63) is 58.7 Å². The summed E-state index contributed by atoms with van der Waals surface area (Å²) in [5, 5.41) is 3.64. The Hall–Kier alpha value is -2.20. The van der Waals surface area contributed by atoms with Gasteiger partial charge in [-0.05, 0) is 42.5 Å². The highest BCUT2D eigenvalue weighted by Gasteiger charge is 2.13. The number of anilines is 1. The number of benzene rings is 2. The highest BCUT2D eigenvalue weighted by Crippen LogP contribution is 2.31. The number of amides is 1. The minimum atomic E-state index is -0.0196. The second-order valence-corrected chi connectivity index (χ2v) is 7.55. The summed E-state index contributed by atoms with van der Waals surface area (Å²) in [6, 6.07) is 12.4. The molecule has 3 nitrogen and oxygen atoms in total. The molecule has 124 valence electrons. The summed E-state index contributed by atoms with van der Waals surface area (Å²) in [5.41, 5.74) is 5.60. The van der Waals surface area contributed by atoms with Crippen LogP contribution in [0.3, 0.4) is 0 Å². The van der Waals surface area contributed by atoms with E-state index in [9.17, 15) is 4.79 Å². The number of carbonyl (C=O) groups is 1. The Morgan fingerprint density at radius 3 is 2.75 bits per heavy atom. The van der Waals surface area contributed by atoms with Crippen LogP contribution in [0.4, 0.5) is 5.13 Å². The lowest BCUT2D eigenvalue weighted by molar-refractivity contribution is -0.115. The Bertz CT molecular complexity index is 896. The molecule has 0 saturated carbocycles. The van der Waals surface area contributed by atoms with Crippen molar-refractivity contribution in [1.82, 2.24) is 4.98 Å². The molecule has 2 aromatic carbocycles. The summed E-state index contributed by atoms with van der Waals surface area (Å²) in [7, 11) is 0. The van der Waals surface area contributed by atoms with Crippen LogP contribution in [0.15, 0.2) is 36.4 Å². The summed E-state index contributed by atoms with van der Waals surface area (Å²) in [5.74, 6) is 0.392. The van der Waals surface area contributed by atoms with E-state index in [1.807, 2.05) is 13.8 Å². The van der Waals surface area contributed by atoms with Crippen molar-refractivity contribution in [3.63, 3.8) is 0 Å². The van der Waals surface area contributed by atoms with Gasteiger partial charge < -0.3 is 5.32 Å². The number of nitrogens with one attached hydrogen (secondary N) is 1. The lowest BCUT2D eigenvalue weighted by Gasteiger charge is -2.07. The number of aryl methyl sites for hydroxylation is 2. The smallest absolute Gasteiger partial charge is 0.230 e. The fourth-order valence-electron chi connectivity index (χ4n) is 2.82. The van der Waals surface area contributed by atoms with Gasteiger partial charge in [0, 0.05) is 0 Å². The van der Waals surface area contributed by atoms with Crippen LogP contribution in [0.1, 0.15) is 42.0 Å². The van der Waals surface area contributed by atoms with Gasteiger partial charge in [0.15, 0.2) is 5.13 Å². The van der Waals surface area contributed by atoms with Gasteiger partial charge in [0.2, 0.25) is 5.91 Å². The highest BCUT2D eigenvalue weighted by atomic mass is 32.1. The minimum Gasteiger partial charge on any atom is -0.302 e. The number of fused-ring (bicyclic) bond motifs is 1. The molecule has 0 atom stereocenters. The van der Waals surface area contributed by atoms with E-state index in [4.69, 9.17) is 0 Å². The molecular formula is C20H22N2OS. The summed E-state index contributed by atoms with van der Waals surface area (Å²) < 4.78 is 1.11. The third-order valence-corrected chi connectivity index (χ3v) is 5.11. The molecule has 0 aliphatic rings. The molecule has 1 N–H and O–H groups in total. The molecule has 0 aliphatic carbocycles. The lowest BCUT2D eigenvalue weighted by Crippen LogP contribution is -2.15. The molecule has 0 bridgehead atoms. The zero-order chi connectivity index (χ0) is 17.3. The Labute approximate surface area is 146 Å². The second-order valence-electron chi connectivity index (χ2n) is 6.52. The molecule has 0 saturated heterocycles. The monoisotopic (exact) mass is 338 g/mol. The summed E-state index contributed by atoms with van der Waals surface area (Å²) in [6.07, 6.45) is 0.375. The van der Waals surface area contributed by atoms with E-state index in [-0.39, 0.29) is 5.91 Å². The maximum atomic E-state index is 12.4. The van der Waals surface area contributed by atoms with Crippen LogP contribution in [-0.2, 0) is 11.2 Å². The molecular weight excluding hydrogens is 316 g/mol. The van der Waals surface area contributed by atoms with Gasteiger partial charge in [-0.3, -0.25) is 4.79 Å². The van der Waals surface area contributed by atoms with Crippen molar-refractivity contribution >= 4 is 32.6 Å². The zero-order valence-electron chi connectivity index (χ0n) is 14.5. The first kappa shape index (κ1) is 16.7. The van der Waals surface area contributed by atoms with Gasteiger partial charge in [-0.1, -0.05) is 61.1 Å². The van der Waals surface area contributed by atoms with E-state index in [0.29, 0.717) is 17.5 Å². The minimum absolute atomic E-state index is 0.0196. The van der Waals surface area contributed by atoms with Gasteiger partial charge in [0.25, 0.3) is 0 Å². The number of rotatable bonds is 4. The fraction of sp³-hybridized carbons (Fsp3) is 0.300. The number of carbonyl (C=O) groups excluding carboxylic acids is 1. The number of hydrogen-bond acceptors (Lipinski definition) is 3. The maximum Gasteiger partial charge on any atom is 0.230 e. The van der Waals surface area contributed by atoms with Crippen LogP contribution >= 0.6 is 11.3 Å². The first-order chi connectivity index (χ1) is 11.4. The zero-order valence-corrected chi connectivity index (χ0v) is 15.3. The van der Waals surface area contributed by atoms with Gasteiger partial charge >= 0.3 is 0 Å². The predicted molar refractivity (Wildman–Crippen MR) is 102 cm³/mol. The standard InChI is InChI=1S/C20H22N2OS/c1-12(2)16-6-5-7-17-19(16)22-20(24-17)21-18(23)11-15-10-13(3)8-9-14(15)4/h5-10,12H,11H2,1-4H3,(H,21,22,23). The van der Waals surface area contributed by atoms with Crippen molar-refractivity contribution in [2.24, 2.45) is 0 Å². The van der Waals surface area contributed by atoms with Gasteiger partial charge in [-0.15, -0.1) is 0 Å². The number of nitrogens with zero attached hydrogens (tertiary/aromatic N) is 1. The van der Waals surface area contributed by atoms with Crippen LogP contribution in [-0.4, -0.2) is 10.9 Å². The van der Waals surface area contributed by atoms with Gasteiger partial charge in [-0.25, -0.2) is 4.98 Å². The van der Waals surface area contributed by atoms with Gasteiger partial charge in [-0.2, -0.15) is 0 Å². The lowest BCUT2D eigenvalue weighted by atomic mass is 10.0. The molecule has 0 unspecified atom stereocenters. The number of aromatic nitrogens is 1. The second kappa shape index (κ2) is 6.73. The van der Waals surface area contributed by atoms with E-state index in [1.165, 1.54) is 22.5 Å². The predicted octanol–water partition coefficient (Wildman–Crippen LogP) is 5.22. The average Bonchev–Trinajstić information content (AvgIpc) is 2.92. The van der Waals surface area contributed by atoms with Crippen molar-refractivity contribution in [3.8, 4) is 0 Å². The number of hydrogen-bond donors (Lipinski definition) is 1. The van der Waals surface area contributed by atoms with Gasteiger partial charge in [0.05, 0.1) is 16.6 Å². The number of para-hydroxylation sites is 1. The molecule has 4 heteroatoms.